The third kappa shape index (κ3) is 1.87. The molecule has 1 fully saturated rings. The molecule has 22 heavy (non-hydrogen) atoms. The molecule has 1 saturated carbocycles. The van der Waals surface area contributed by atoms with E-state index in [0.717, 1.165) is 34.9 Å². The van der Waals surface area contributed by atoms with Crippen molar-refractivity contribution in [1.82, 2.24) is 4.57 Å². The third-order valence-electron chi connectivity index (χ3n) is 4.58. The second kappa shape index (κ2) is 4.65. The Morgan fingerprint density at radius 1 is 1.00 bits per heavy atom. The number of nitrogens with zero attached hydrogens (tertiary/aromatic N) is 1. The summed E-state index contributed by atoms with van der Waals surface area (Å²) in [4.78, 5) is 0. The van der Waals surface area contributed by atoms with Crippen LogP contribution in [0.5, 0.6) is 0 Å². The van der Waals surface area contributed by atoms with Gasteiger partial charge in [0.15, 0.2) is 11.6 Å². The Labute approximate surface area is 126 Å². The second-order valence-corrected chi connectivity index (χ2v) is 5.90. The standard InChI is InChI=1S/C18H15F2NO/c19-15-3-2-14(10-16(15)20)18(6-7-18)21-8-5-13-9-12(11-22)1-4-17(13)21/h1-5,8-10,22H,6-7,11H2. The van der Waals surface area contributed by atoms with E-state index < -0.39 is 11.6 Å². The molecule has 0 amide bonds. The van der Waals surface area contributed by atoms with Crippen LogP contribution in [0.15, 0.2) is 48.7 Å². The molecule has 3 aromatic rings. The SMILES string of the molecule is OCc1ccc2c(ccn2C2(c3ccc(F)c(F)c3)CC2)c1. The topological polar surface area (TPSA) is 25.2 Å². The minimum absolute atomic E-state index is 0.00936. The summed E-state index contributed by atoms with van der Waals surface area (Å²) in [6.07, 6.45) is 3.80. The number of benzene rings is 2. The lowest BCUT2D eigenvalue weighted by Gasteiger charge is -2.20. The van der Waals surface area contributed by atoms with Crippen LogP contribution < -0.4 is 0 Å². The van der Waals surface area contributed by atoms with Gasteiger partial charge in [0.2, 0.25) is 0 Å². The zero-order valence-electron chi connectivity index (χ0n) is 11.9. The minimum Gasteiger partial charge on any atom is -0.392 e. The number of halogens is 2. The molecule has 4 rings (SSSR count). The summed E-state index contributed by atoms with van der Waals surface area (Å²) in [7, 11) is 0. The molecule has 1 aliphatic carbocycles. The van der Waals surface area contributed by atoms with Gasteiger partial charge in [0.1, 0.15) is 0 Å². The van der Waals surface area contributed by atoms with Crippen LogP contribution in [-0.2, 0) is 12.1 Å². The van der Waals surface area contributed by atoms with Gasteiger partial charge in [0.25, 0.3) is 0 Å². The first kappa shape index (κ1) is 13.5. The lowest BCUT2D eigenvalue weighted by atomic mass is 10.0. The van der Waals surface area contributed by atoms with Crippen molar-refractivity contribution in [3.8, 4) is 0 Å². The number of rotatable bonds is 3. The summed E-state index contributed by atoms with van der Waals surface area (Å²) in [5.41, 5.74) is 2.43. The van der Waals surface area contributed by atoms with Crippen molar-refractivity contribution in [3.05, 3.63) is 71.4 Å². The fraction of sp³-hybridized carbons (Fsp3) is 0.222. The molecule has 0 saturated heterocycles. The van der Waals surface area contributed by atoms with E-state index in [9.17, 15) is 13.9 Å². The molecular weight excluding hydrogens is 284 g/mol. The van der Waals surface area contributed by atoms with E-state index >= 15 is 0 Å². The predicted octanol–water partition coefficient (Wildman–Crippen LogP) is 3.95. The van der Waals surface area contributed by atoms with Crippen molar-refractivity contribution in [3.63, 3.8) is 0 Å². The van der Waals surface area contributed by atoms with Gasteiger partial charge in [-0.3, -0.25) is 0 Å². The first-order chi connectivity index (χ1) is 10.6. The molecule has 2 aromatic carbocycles. The number of aliphatic hydroxyl groups is 1. The highest BCUT2D eigenvalue weighted by Crippen LogP contribution is 2.51. The van der Waals surface area contributed by atoms with Gasteiger partial charge in [-0.2, -0.15) is 0 Å². The first-order valence-corrected chi connectivity index (χ1v) is 7.31. The van der Waals surface area contributed by atoms with Gasteiger partial charge in [-0.25, -0.2) is 8.78 Å². The molecule has 2 nitrogen and oxygen atoms in total. The monoisotopic (exact) mass is 299 g/mol. The van der Waals surface area contributed by atoms with Gasteiger partial charge in [-0.05, 0) is 59.7 Å². The van der Waals surface area contributed by atoms with Crippen molar-refractivity contribution in [1.29, 1.82) is 0 Å². The van der Waals surface area contributed by atoms with Crippen molar-refractivity contribution in [2.75, 3.05) is 0 Å². The zero-order valence-corrected chi connectivity index (χ0v) is 11.9. The van der Waals surface area contributed by atoms with E-state index in [2.05, 4.69) is 4.57 Å². The highest BCUT2D eigenvalue weighted by Gasteiger charge is 2.46. The molecule has 0 unspecified atom stereocenters. The second-order valence-electron chi connectivity index (χ2n) is 5.90. The average molecular weight is 299 g/mol. The third-order valence-corrected chi connectivity index (χ3v) is 4.58. The molecule has 0 atom stereocenters. The van der Waals surface area contributed by atoms with Crippen molar-refractivity contribution < 1.29 is 13.9 Å². The van der Waals surface area contributed by atoms with Crippen LogP contribution in [0.3, 0.4) is 0 Å². The normalized spacial score (nSPS) is 16.1. The summed E-state index contributed by atoms with van der Waals surface area (Å²) in [6.45, 7) is 0.00936. The van der Waals surface area contributed by atoms with Crippen LogP contribution in [0.1, 0.15) is 24.0 Å². The number of aromatic nitrogens is 1. The molecule has 1 N–H and O–H groups in total. The van der Waals surface area contributed by atoms with E-state index in [-0.39, 0.29) is 12.1 Å². The molecule has 1 aromatic heterocycles. The van der Waals surface area contributed by atoms with Crippen LogP contribution in [0, 0.1) is 11.6 Å². The average Bonchev–Trinajstić information content (AvgIpc) is 3.23. The zero-order chi connectivity index (χ0) is 15.3. The van der Waals surface area contributed by atoms with E-state index in [1.165, 1.54) is 12.1 Å². The van der Waals surface area contributed by atoms with Crippen LogP contribution in [0.2, 0.25) is 0 Å². The van der Waals surface area contributed by atoms with Crippen molar-refractivity contribution in [2.45, 2.75) is 25.0 Å². The minimum atomic E-state index is -0.815. The first-order valence-electron chi connectivity index (χ1n) is 7.31. The van der Waals surface area contributed by atoms with Gasteiger partial charge in [-0.1, -0.05) is 12.1 Å². The Balaban J connectivity index is 1.85. The van der Waals surface area contributed by atoms with Crippen LogP contribution in [0.4, 0.5) is 8.78 Å². The molecular formula is C18H15F2NO. The summed E-state index contributed by atoms with van der Waals surface area (Å²) in [5.74, 6) is -1.62. The Kier molecular flexibility index (Phi) is 2.84. The fourth-order valence-corrected chi connectivity index (χ4v) is 3.24. The summed E-state index contributed by atoms with van der Waals surface area (Å²) in [5, 5.41) is 10.3. The van der Waals surface area contributed by atoms with E-state index in [0.29, 0.717) is 0 Å². The highest BCUT2D eigenvalue weighted by atomic mass is 19.2. The predicted molar refractivity (Wildman–Crippen MR) is 80.5 cm³/mol. The quantitative estimate of drug-likeness (QED) is 0.778. The number of fused-ring (bicyclic) bond motifs is 1. The fourth-order valence-electron chi connectivity index (χ4n) is 3.24. The molecule has 1 aliphatic rings. The molecule has 112 valence electrons. The molecule has 1 heterocycles. The largest absolute Gasteiger partial charge is 0.392 e. The van der Waals surface area contributed by atoms with Crippen LogP contribution in [-0.4, -0.2) is 9.67 Å². The number of aliphatic hydroxyl groups excluding tert-OH is 1. The van der Waals surface area contributed by atoms with E-state index in [1.807, 2.05) is 30.5 Å². The van der Waals surface area contributed by atoms with E-state index in [1.54, 1.807) is 6.07 Å². The lowest BCUT2D eigenvalue weighted by Crippen LogP contribution is -2.18. The maximum atomic E-state index is 13.6. The highest BCUT2D eigenvalue weighted by molar-refractivity contribution is 5.81. The van der Waals surface area contributed by atoms with Gasteiger partial charge >= 0.3 is 0 Å². The Bertz CT molecular complexity index is 865. The van der Waals surface area contributed by atoms with Crippen molar-refractivity contribution >= 4 is 10.9 Å². The number of hydrogen-bond donors (Lipinski definition) is 1. The maximum Gasteiger partial charge on any atom is 0.159 e. The lowest BCUT2D eigenvalue weighted by molar-refractivity contribution is 0.282. The smallest absolute Gasteiger partial charge is 0.159 e. The van der Waals surface area contributed by atoms with Gasteiger partial charge < -0.3 is 9.67 Å². The molecule has 0 radical (unpaired) electrons. The van der Waals surface area contributed by atoms with Gasteiger partial charge in [-0.15, -0.1) is 0 Å². The molecule has 0 aliphatic heterocycles. The van der Waals surface area contributed by atoms with Gasteiger partial charge in [0.05, 0.1) is 12.1 Å². The van der Waals surface area contributed by atoms with E-state index in [4.69, 9.17) is 0 Å². The van der Waals surface area contributed by atoms with Crippen LogP contribution >= 0.6 is 0 Å². The Morgan fingerprint density at radius 3 is 2.50 bits per heavy atom. The Morgan fingerprint density at radius 2 is 1.82 bits per heavy atom. The maximum absolute atomic E-state index is 13.6. The molecule has 0 bridgehead atoms. The summed E-state index contributed by atoms with van der Waals surface area (Å²) in [6, 6.07) is 12.0. The van der Waals surface area contributed by atoms with Crippen molar-refractivity contribution in [2.24, 2.45) is 0 Å². The molecule has 4 heteroatoms. The Hall–Kier alpha value is -2.20. The summed E-state index contributed by atoms with van der Waals surface area (Å²) < 4.78 is 28.9. The van der Waals surface area contributed by atoms with Gasteiger partial charge in [0, 0.05) is 11.7 Å². The summed E-state index contributed by atoms with van der Waals surface area (Å²) >= 11 is 0. The molecule has 0 spiro atoms. The number of hydrogen-bond acceptors (Lipinski definition) is 1. The van der Waals surface area contributed by atoms with Crippen LogP contribution in [0.25, 0.3) is 10.9 Å².